The molecule has 0 aromatic rings. The zero-order chi connectivity index (χ0) is 10.3. The van der Waals surface area contributed by atoms with Crippen molar-refractivity contribution in [3.63, 3.8) is 0 Å². The van der Waals surface area contributed by atoms with Gasteiger partial charge in [-0.05, 0) is 43.9 Å². The summed E-state index contributed by atoms with van der Waals surface area (Å²) in [4.78, 5) is 10.6. The van der Waals surface area contributed by atoms with Crippen LogP contribution in [0.3, 0.4) is 0 Å². The van der Waals surface area contributed by atoms with Crippen LogP contribution in [0, 0.1) is 23.7 Å². The summed E-state index contributed by atoms with van der Waals surface area (Å²) in [5.74, 6) is 2.74. The van der Waals surface area contributed by atoms with Crippen LogP contribution in [0.4, 0.5) is 0 Å². The minimum atomic E-state index is -0.183. The van der Waals surface area contributed by atoms with Crippen LogP contribution < -0.4 is 0 Å². The van der Waals surface area contributed by atoms with Crippen molar-refractivity contribution < 1.29 is 9.53 Å². The molecule has 2 saturated carbocycles. The lowest BCUT2D eigenvalue weighted by Gasteiger charge is -2.33. The lowest BCUT2D eigenvalue weighted by atomic mass is 9.84. The van der Waals surface area contributed by atoms with Gasteiger partial charge in [-0.2, -0.15) is 0 Å². The molecule has 0 aromatic carbocycles. The first-order chi connectivity index (χ1) is 6.58. The molecule has 2 heteroatoms. The summed E-state index contributed by atoms with van der Waals surface area (Å²) in [7, 11) is 0. The number of fused-ring (bicyclic) bond motifs is 1. The standard InChI is InChI=1S/C12H20O2/c1-8-4-10-6-9(2)12(3,14-7-13)11(10)5-8/h7-11H,4-6H2,1-3H3. The Kier molecular flexibility index (Phi) is 2.32. The molecule has 2 aliphatic rings. The van der Waals surface area contributed by atoms with Crippen molar-refractivity contribution >= 4 is 6.47 Å². The normalized spacial score (nSPS) is 51.6. The average molecular weight is 196 g/mol. The first-order valence-electron chi connectivity index (χ1n) is 5.69. The topological polar surface area (TPSA) is 26.3 Å². The molecule has 0 N–H and O–H groups in total. The predicted octanol–water partition coefficient (Wildman–Crippen LogP) is 2.62. The molecule has 0 heterocycles. The van der Waals surface area contributed by atoms with Crippen molar-refractivity contribution in [2.75, 3.05) is 0 Å². The highest BCUT2D eigenvalue weighted by Gasteiger charge is 2.54. The van der Waals surface area contributed by atoms with E-state index in [2.05, 4.69) is 20.8 Å². The van der Waals surface area contributed by atoms with Crippen molar-refractivity contribution in [1.29, 1.82) is 0 Å². The molecule has 0 aliphatic heterocycles. The fourth-order valence-corrected chi connectivity index (χ4v) is 3.73. The molecule has 2 nitrogen and oxygen atoms in total. The minimum Gasteiger partial charge on any atom is -0.461 e. The van der Waals surface area contributed by atoms with Gasteiger partial charge in [-0.3, -0.25) is 4.79 Å². The Morgan fingerprint density at radius 1 is 1.29 bits per heavy atom. The van der Waals surface area contributed by atoms with Gasteiger partial charge in [0.15, 0.2) is 0 Å². The summed E-state index contributed by atoms with van der Waals surface area (Å²) < 4.78 is 5.38. The minimum absolute atomic E-state index is 0.183. The van der Waals surface area contributed by atoms with Crippen molar-refractivity contribution in [3.05, 3.63) is 0 Å². The molecular formula is C12H20O2. The fourth-order valence-electron chi connectivity index (χ4n) is 3.73. The maximum atomic E-state index is 10.6. The highest BCUT2D eigenvalue weighted by molar-refractivity contribution is 5.39. The molecule has 0 amide bonds. The van der Waals surface area contributed by atoms with Gasteiger partial charge in [0.2, 0.25) is 0 Å². The van der Waals surface area contributed by atoms with Crippen LogP contribution in [-0.2, 0) is 9.53 Å². The van der Waals surface area contributed by atoms with Crippen LogP contribution in [0.1, 0.15) is 40.0 Å². The van der Waals surface area contributed by atoms with Crippen LogP contribution in [-0.4, -0.2) is 12.1 Å². The molecule has 2 fully saturated rings. The highest BCUT2D eigenvalue weighted by Crippen LogP contribution is 2.55. The van der Waals surface area contributed by atoms with Crippen molar-refractivity contribution in [1.82, 2.24) is 0 Å². The second-order valence-electron chi connectivity index (χ2n) is 5.48. The highest BCUT2D eigenvalue weighted by atomic mass is 16.5. The Labute approximate surface area is 86.0 Å². The third-order valence-corrected chi connectivity index (χ3v) is 4.60. The SMILES string of the molecule is CC1CC2CC(C)C(C)(OC=O)C2C1. The van der Waals surface area contributed by atoms with E-state index in [9.17, 15) is 4.79 Å². The molecule has 14 heavy (non-hydrogen) atoms. The lowest BCUT2D eigenvalue weighted by Crippen LogP contribution is -2.38. The molecule has 2 rings (SSSR count). The Hall–Kier alpha value is -0.530. The lowest BCUT2D eigenvalue weighted by molar-refractivity contribution is -0.150. The number of rotatable bonds is 2. The van der Waals surface area contributed by atoms with Crippen molar-refractivity contribution in [2.24, 2.45) is 23.7 Å². The largest absolute Gasteiger partial charge is 0.461 e. The summed E-state index contributed by atoms with van der Waals surface area (Å²) in [5, 5.41) is 0. The van der Waals surface area contributed by atoms with Gasteiger partial charge in [-0.15, -0.1) is 0 Å². The summed E-state index contributed by atoms with van der Waals surface area (Å²) in [5.41, 5.74) is -0.183. The Morgan fingerprint density at radius 3 is 2.64 bits per heavy atom. The van der Waals surface area contributed by atoms with E-state index in [0.29, 0.717) is 18.3 Å². The zero-order valence-corrected chi connectivity index (χ0v) is 9.32. The summed E-state index contributed by atoms with van der Waals surface area (Å²) >= 11 is 0. The molecule has 0 radical (unpaired) electrons. The number of carbonyl (C=O) groups excluding carboxylic acids is 1. The molecule has 5 atom stereocenters. The van der Waals surface area contributed by atoms with Crippen molar-refractivity contribution in [3.8, 4) is 0 Å². The Balaban J connectivity index is 2.19. The monoisotopic (exact) mass is 196 g/mol. The first kappa shape index (κ1) is 10.0. The number of hydrogen-bond donors (Lipinski definition) is 0. The fraction of sp³-hybridized carbons (Fsp3) is 0.917. The molecule has 0 saturated heterocycles. The maximum Gasteiger partial charge on any atom is 0.293 e. The van der Waals surface area contributed by atoms with Crippen LogP contribution in [0.15, 0.2) is 0 Å². The smallest absolute Gasteiger partial charge is 0.293 e. The summed E-state index contributed by atoms with van der Waals surface area (Å²) in [6, 6.07) is 0. The average Bonchev–Trinajstić information content (AvgIpc) is 2.55. The molecule has 5 unspecified atom stereocenters. The van der Waals surface area contributed by atoms with Gasteiger partial charge in [0.05, 0.1) is 0 Å². The van der Waals surface area contributed by atoms with Crippen LogP contribution in [0.2, 0.25) is 0 Å². The predicted molar refractivity (Wildman–Crippen MR) is 54.7 cm³/mol. The number of carbonyl (C=O) groups is 1. The molecule has 2 aliphatic carbocycles. The molecule has 80 valence electrons. The quantitative estimate of drug-likeness (QED) is 0.635. The van der Waals surface area contributed by atoms with E-state index in [1.54, 1.807) is 0 Å². The molecule has 0 aromatic heterocycles. The van der Waals surface area contributed by atoms with E-state index >= 15 is 0 Å². The van der Waals surface area contributed by atoms with Crippen LogP contribution in [0.25, 0.3) is 0 Å². The molecule has 0 bridgehead atoms. The summed E-state index contributed by atoms with van der Waals surface area (Å²) in [6.07, 6.45) is 3.80. The van der Waals surface area contributed by atoms with Gasteiger partial charge in [-0.1, -0.05) is 13.8 Å². The number of ether oxygens (including phenoxy) is 1. The van der Waals surface area contributed by atoms with Crippen LogP contribution in [0.5, 0.6) is 0 Å². The molecular weight excluding hydrogens is 176 g/mol. The van der Waals surface area contributed by atoms with Crippen LogP contribution >= 0.6 is 0 Å². The van der Waals surface area contributed by atoms with E-state index in [-0.39, 0.29) is 5.60 Å². The Morgan fingerprint density at radius 2 is 2.00 bits per heavy atom. The second-order valence-corrected chi connectivity index (χ2v) is 5.48. The molecule has 0 spiro atoms. The van der Waals surface area contributed by atoms with Gasteiger partial charge in [0, 0.05) is 5.92 Å². The third-order valence-electron chi connectivity index (χ3n) is 4.60. The second kappa shape index (κ2) is 3.25. The summed E-state index contributed by atoms with van der Waals surface area (Å²) in [6.45, 7) is 7.29. The third kappa shape index (κ3) is 1.27. The Bertz CT molecular complexity index is 238. The van der Waals surface area contributed by atoms with E-state index in [4.69, 9.17) is 4.74 Å². The van der Waals surface area contributed by atoms with Gasteiger partial charge < -0.3 is 4.74 Å². The van der Waals surface area contributed by atoms with E-state index in [1.165, 1.54) is 19.3 Å². The van der Waals surface area contributed by atoms with Gasteiger partial charge >= 0.3 is 0 Å². The van der Waals surface area contributed by atoms with E-state index in [1.807, 2.05) is 0 Å². The van der Waals surface area contributed by atoms with Gasteiger partial charge in [-0.25, -0.2) is 0 Å². The first-order valence-corrected chi connectivity index (χ1v) is 5.69. The number of hydrogen-bond acceptors (Lipinski definition) is 2. The van der Waals surface area contributed by atoms with Gasteiger partial charge in [0.25, 0.3) is 6.47 Å². The zero-order valence-electron chi connectivity index (χ0n) is 9.32. The van der Waals surface area contributed by atoms with Crippen molar-refractivity contribution in [2.45, 2.75) is 45.6 Å². The van der Waals surface area contributed by atoms with E-state index in [0.717, 1.165) is 11.8 Å². The van der Waals surface area contributed by atoms with E-state index < -0.39 is 0 Å². The maximum absolute atomic E-state index is 10.6. The van der Waals surface area contributed by atoms with Gasteiger partial charge in [0.1, 0.15) is 5.60 Å².